The standard InChI is InChI=1S/C11H10N2O2S2/c1-2-9-12-11(17-13-9)16-8-5-3-7(4-6-8)10(14)15/h3-6H,2H2,1H3,(H,14,15). The molecule has 0 spiro atoms. The van der Waals surface area contributed by atoms with Gasteiger partial charge in [0, 0.05) is 11.3 Å². The van der Waals surface area contributed by atoms with Crippen molar-refractivity contribution in [1.82, 2.24) is 9.36 Å². The van der Waals surface area contributed by atoms with Gasteiger partial charge in [0.05, 0.1) is 5.56 Å². The maximum absolute atomic E-state index is 10.7. The number of aryl methyl sites for hydroxylation is 1. The lowest BCUT2D eigenvalue weighted by molar-refractivity contribution is 0.0697. The summed E-state index contributed by atoms with van der Waals surface area (Å²) in [5.41, 5.74) is 0.292. The summed E-state index contributed by atoms with van der Waals surface area (Å²) in [6.45, 7) is 2.01. The van der Waals surface area contributed by atoms with Crippen molar-refractivity contribution in [3.63, 3.8) is 0 Å². The molecule has 1 N–H and O–H groups in total. The maximum Gasteiger partial charge on any atom is 0.335 e. The number of carboxylic acids is 1. The average Bonchev–Trinajstić information content (AvgIpc) is 2.77. The Balaban J connectivity index is 2.10. The lowest BCUT2D eigenvalue weighted by atomic mass is 10.2. The van der Waals surface area contributed by atoms with Crippen LogP contribution in [0.1, 0.15) is 23.1 Å². The number of carbonyl (C=O) groups is 1. The zero-order chi connectivity index (χ0) is 12.3. The SMILES string of the molecule is CCc1nsc(Sc2ccc(C(=O)O)cc2)n1. The summed E-state index contributed by atoms with van der Waals surface area (Å²) in [5, 5.41) is 8.77. The molecule has 0 aliphatic heterocycles. The third-order valence-electron chi connectivity index (χ3n) is 2.07. The van der Waals surface area contributed by atoms with Crippen LogP contribution in [0.2, 0.25) is 0 Å². The number of nitrogens with zero attached hydrogens (tertiary/aromatic N) is 2. The summed E-state index contributed by atoms with van der Waals surface area (Å²) in [5.74, 6) is -0.0645. The van der Waals surface area contributed by atoms with Crippen molar-refractivity contribution in [2.75, 3.05) is 0 Å². The Bertz CT molecular complexity index is 523. The molecule has 0 unspecified atom stereocenters. The van der Waals surface area contributed by atoms with Crippen molar-refractivity contribution < 1.29 is 9.90 Å². The van der Waals surface area contributed by atoms with Crippen LogP contribution in [-0.4, -0.2) is 20.4 Å². The van der Waals surface area contributed by atoms with Crippen LogP contribution < -0.4 is 0 Å². The van der Waals surface area contributed by atoms with E-state index in [-0.39, 0.29) is 0 Å². The normalized spacial score (nSPS) is 10.4. The number of carboxylic acid groups (broad SMARTS) is 1. The second kappa shape index (κ2) is 5.29. The largest absolute Gasteiger partial charge is 0.478 e. The molecule has 0 aliphatic carbocycles. The molecular formula is C11H10N2O2S2. The van der Waals surface area contributed by atoms with Crippen LogP contribution in [0.15, 0.2) is 33.5 Å². The lowest BCUT2D eigenvalue weighted by Gasteiger charge is -1.98. The molecule has 1 aromatic heterocycles. The highest BCUT2D eigenvalue weighted by molar-refractivity contribution is 8.01. The number of aromatic carboxylic acids is 1. The number of hydrogen-bond donors (Lipinski definition) is 1. The predicted molar refractivity (Wildman–Crippen MR) is 66.8 cm³/mol. The van der Waals surface area contributed by atoms with Crippen LogP contribution in [0.25, 0.3) is 0 Å². The molecule has 0 saturated heterocycles. The maximum atomic E-state index is 10.7. The average molecular weight is 266 g/mol. The minimum Gasteiger partial charge on any atom is -0.478 e. The van der Waals surface area contributed by atoms with Crippen LogP contribution >= 0.6 is 23.3 Å². The predicted octanol–water partition coefficient (Wildman–Crippen LogP) is 2.95. The quantitative estimate of drug-likeness (QED) is 0.921. The van der Waals surface area contributed by atoms with Gasteiger partial charge in [-0.25, -0.2) is 9.78 Å². The minimum absolute atomic E-state index is 0.292. The zero-order valence-corrected chi connectivity index (χ0v) is 10.7. The van der Waals surface area contributed by atoms with E-state index in [1.807, 2.05) is 6.92 Å². The van der Waals surface area contributed by atoms with Crippen LogP contribution in [-0.2, 0) is 6.42 Å². The smallest absolute Gasteiger partial charge is 0.335 e. The number of hydrogen-bond acceptors (Lipinski definition) is 5. The monoisotopic (exact) mass is 266 g/mol. The van der Waals surface area contributed by atoms with E-state index in [0.717, 1.165) is 21.5 Å². The van der Waals surface area contributed by atoms with E-state index in [0.29, 0.717) is 5.56 Å². The van der Waals surface area contributed by atoms with E-state index in [1.54, 1.807) is 24.3 Å². The molecule has 0 saturated carbocycles. The first-order chi connectivity index (χ1) is 8.19. The van der Waals surface area contributed by atoms with Crippen molar-refractivity contribution in [2.45, 2.75) is 22.6 Å². The Morgan fingerprint density at radius 1 is 1.41 bits per heavy atom. The van der Waals surface area contributed by atoms with E-state index < -0.39 is 5.97 Å². The Labute approximate surface area is 107 Å². The fraction of sp³-hybridized carbons (Fsp3) is 0.182. The summed E-state index contributed by atoms with van der Waals surface area (Å²) in [4.78, 5) is 16.0. The Morgan fingerprint density at radius 2 is 2.12 bits per heavy atom. The highest BCUT2D eigenvalue weighted by atomic mass is 32.2. The first-order valence-electron chi connectivity index (χ1n) is 5.03. The van der Waals surface area contributed by atoms with E-state index in [9.17, 15) is 4.79 Å². The van der Waals surface area contributed by atoms with Crippen molar-refractivity contribution in [3.05, 3.63) is 35.7 Å². The fourth-order valence-electron chi connectivity index (χ4n) is 1.19. The summed E-state index contributed by atoms with van der Waals surface area (Å²) in [7, 11) is 0. The molecule has 6 heteroatoms. The van der Waals surface area contributed by atoms with Gasteiger partial charge in [0.2, 0.25) is 0 Å². The highest BCUT2D eigenvalue weighted by Crippen LogP contribution is 2.29. The Hall–Kier alpha value is -1.40. The Kier molecular flexibility index (Phi) is 3.75. The first-order valence-corrected chi connectivity index (χ1v) is 6.62. The molecule has 1 aromatic carbocycles. The van der Waals surface area contributed by atoms with Crippen LogP contribution in [0.5, 0.6) is 0 Å². The molecule has 0 aliphatic rings. The lowest BCUT2D eigenvalue weighted by Crippen LogP contribution is -1.94. The van der Waals surface area contributed by atoms with Gasteiger partial charge in [0.1, 0.15) is 5.82 Å². The molecule has 0 radical (unpaired) electrons. The molecule has 0 bridgehead atoms. The molecule has 1 heterocycles. The van der Waals surface area contributed by atoms with Crippen LogP contribution in [0.3, 0.4) is 0 Å². The second-order valence-electron chi connectivity index (χ2n) is 3.26. The van der Waals surface area contributed by atoms with Crippen molar-refractivity contribution >= 4 is 29.3 Å². The molecule has 0 atom stereocenters. The summed E-state index contributed by atoms with van der Waals surface area (Å²) >= 11 is 2.86. The minimum atomic E-state index is -0.911. The zero-order valence-electron chi connectivity index (χ0n) is 9.08. The van der Waals surface area contributed by atoms with Gasteiger partial charge in [-0.15, -0.1) is 0 Å². The number of rotatable bonds is 4. The molecule has 0 fully saturated rings. The van der Waals surface area contributed by atoms with Gasteiger partial charge in [0.25, 0.3) is 0 Å². The van der Waals surface area contributed by atoms with Crippen molar-refractivity contribution in [3.8, 4) is 0 Å². The highest BCUT2D eigenvalue weighted by Gasteiger charge is 2.06. The third kappa shape index (κ3) is 3.04. The molecule has 2 rings (SSSR count). The molecule has 0 amide bonds. The second-order valence-corrected chi connectivity index (χ2v) is 5.33. The third-order valence-corrected chi connectivity index (χ3v) is 3.87. The van der Waals surface area contributed by atoms with Crippen LogP contribution in [0.4, 0.5) is 0 Å². The Morgan fingerprint density at radius 3 is 2.65 bits per heavy atom. The fourth-order valence-corrected chi connectivity index (χ4v) is 2.86. The number of benzene rings is 1. The van der Waals surface area contributed by atoms with Gasteiger partial charge in [0.15, 0.2) is 4.34 Å². The van der Waals surface area contributed by atoms with Gasteiger partial charge in [-0.3, -0.25) is 0 Å². The van der Waals surface area contributed by atoms with E-state index in [1.165, 1.54) is 23.3 Å². The van der Waals surface area contributed by atoms with Gasteiger partial charge < -0.3 is 5.11 Å². The molecule has 2 aromatic rings. The van der Waals surface area contributed by atoms with Gasteiger partial charge in [-0.05, 0) is 35.8 Å². The van der Waals surface area contributed by atoms with Gasteiger partial charge in [-0.1, -0.05) is 18.7 Å². The molecule has 88 valence electrons. The molecule has 4 nitrogen and oxygen atoms in total. The summed E-state index contributed by atoms with van der Waals surface area (Å²) < 4.78 is 5.07. The first kappa shape index (κ1) is 12.1. The van der Waals surface area contributed by atoms with Gasteiger partial charge >= 0.3 is 5.97 Å². The molecule has 17 heavy (non-hydrogen) atoms. The van der Waals surface area contributed by atoms with E-state index in [4.69, 9.17) is 5.11 Å². The van der Waals surface area contributed by atoms with E-state index >= 15 is 0 Å². The number of aromatic nitrogens is 2. The topological polar surface area (TPSA) is 63.1 Å². The van der Waals surface area contributed by atoms with Crippen molar-refractivity contribution in [1.29, 1.82) is 0 Å². The summed E-state index contributed by atoms with van der Waals surface area (Å²) in [6.07, 6.45) is 0.828. The summed E-state index contributed by atoms with van der Waals surface area (Å²) in [6, 6.07) is 6.74. The van der Waals surface area contributed by atoms with Crippen LogP contribution in [0, 0.1) is 0 Å². The molecular weight excluding hydrogens is 256 g/mol. The van der Waals surface area contributed by atoms with Gasteiger partial charge in [-0.2, -0.15) is 4.37 Å². The van der Waals surface area contributed by atoms with E-state index in [2.05, 4.69) is 9.36 Å². The van der Waals surface area contributed by atoms with Crippen molar-refractivity contribution in [2.24, 2.45) is 0 Å².